The average Bonchev–Trinajstić information content (AvgIpc) is 2.46. The molecule has 0 radical (unpaired) electrons. The van der Waals surface area contributed by atoms with Gasteiger partial charge in [-0.25, -0.2) is 4.98 Å². The number of para-hydroxylation sites is 1. The number of nitrogens with two attached hydrogens (primary N) is 1. The predicted molar refractivity (Wildman–Crippen MR) is 79.3 cm³/mol. The lowest BCUT2D eigenvalue weighted by Gasteiger charge is -2.19. The lowest BCUT2D eigenvalue weighted by atomic mass is 10.1. The van der Waals surface area contributed by atoms with Gasteiger partial charge in [0, 0.05) is 24.2 Å². The van der Waals surface area contributed by atoms with E-state index in [9.17, 15) is 4.79 Å². The molecule has 3 N–H and O–H groups in total. The molecule has 0 saturated carbocycles. The zero-order valence-electron chi connectivity index (χ0n) is 11.1. The zero-order valence-corrected chi connectivity index (χ0v) is 11.1. The van der Waals surface area contributed by atoms with E-state index in [-0.39, 0.29) is 24.8 Å². The van der Waals surface area contributed by atoms with Gasteiger partial charge in [0.2, 0.25) is 0 Å². The normalized spacial score (nSPS) is 10.4. The number of pyridine rings is 1. The minimum atomic E-state index is -0.267. The summed E-state index contributed by atoms with van der Waals surface area (Å²) in [6.45, 7) is 4.09. The van der Waals surface area contributed by atoms with Crippen LogP contribution in [0.1, 0.15) is 10.5 Å². The van der Waals surface area contributed by atoms with Gasteiger partial charge in [-0.2, -0.15) is 0 Å². The minimum absolute atomic E-state index is 0.108. The third kappa shape index (κ3) is 2.78. The number of rotatable bonds is 5. The molecule has 0 spiro atoms. The zero-order chi connectivity index (χ0) is 14.5. The van der Waals surface area contributed by atoms with Gasteiger partial charge in [-0.05, 0) is 12.1 Å². The molecular formula is C15H17N3O2. The van der Waals surface area contributed by atoms with Crippen LogP contribution in [-0.2, 0) is 0 Å². The molecule has 0 aliphatic heterocycles. The molecule has 2 aromatic rings. The van der Waals surface area contributed by atoms with Crippen LogP contribution in [0.3, 0.4) is 0 Å². The summed E-state index contributed by atoms with van der Waals surface area (Å²) in [7, 11) is 0. The first-order valence-corrected chi connectivity index (χ1v) is 6.33. The molecule has 1 heterocycles. The number of anilines is 1. The number of carbonyl (C=O) groups is 1. The molecule has 0 saturated heterocycles. The smallest absolute Gasteiger partial charge is 0.272 e. The molecule has 0 atom stereocenters. The maximum Gasteiger partial charge on any atom is 0.272 e. The lowest BCUT2D eigenvalue weighted by Crippen LogP contribution is -2.34. The molecule has 0 aliphatic carbocycles. The summed E-state index contributed by atoms with van der Waals surface area (Å²) in [5.74, 6) is -0.267. The molecule has 1 aromatic heterocycles. The number of aliphatic hydroxyl groups excluding tert-OH is 1. The molecule has 5 nitrogen and oxygen atoms in total. The molecule has 0 unspecified atom stereocenters. The van der Waals surface area contributed by atoms with E-state index < -0.39 is 0 Å². The van der Waals surface area contributed by atoms with Crippen molar-refractivity contribution in [1.82, 2.24) is 9.88 Å². The van der Waals surface area contributed by atoms with Gasteiger partial charge in [-0.15, -0.1) is 6.58 Å². The van der Waals surface area contributed by atoms with Crippen LogP contribution in [0.15, 0.2) is 43.0 Å². The van der Waals surface area contributed by atoms with Crippen LogP contribution in [0.2, 0.25) is 0 Å². The van der Waals surface area contributed by atoms with Crippen molar-refractivity contribution in [3.05, 3.63) is 48.7 Å². The van der Waals surface area contributed by atoms with Gasteiger partial charge in [-0.1, -0.05) is 24.3 Å². The molecule has 0 aliphatic rings. The van der Waals surface area contributed by atoms with Gasteiger partial charge in [-0.3, -0.25) is 4.79 Å². The fourth-order valence-electron chi connectivity index (χ4n) is 2.03. The second-order valence-corrected chi connectivity index (χ2v) is 4.38. The Labute approximate surface area is 117 Å². The quantitative estimate of drug-likeness (QED) is 0.806. The molecule has 20 heavy (non-hydrogen) atoms. The highest BCUT2D eigenvalue weighted by Crippen LogP contribution is 2.20. The largest absolute Gasteiger partial charge is 0.398 e. The average molecular weight is 271 g/mol. The van der Waals surface area contributed by atoms with Crippen molar-refractivity contribution in [3.8, 4) is 0 Å². The van der Waals surface area contributed by atoms with Crippen LogP contribution in [0, 0.1) is 0 Å². The van der Waals surface area contributed by atoms with E-state index in [1.54, 1.807) is 12.1 Å². The highest BCUT2D eigenvalue weighted by molar-refractivity contribution is 5.99. The van der Waals surface area contributed by atoms with Crippen LogP contribution >= 0.6 is 0 Å². The minimum Gasteiger partial charge on any atom is -0.398 e. The maximum absolute atomic E-state index is 12.4. The Balaban J connectivity index is 2.41. The number of hydrogen-bond donors (Lipinski definition) is 2. The van der Waals surface area contributed by atoms with E-state index in [4.69, 9.17) is 10.8 Å². The Morgan fingerprint density at radius 3 is 2.90 bits per heavy atom. The van der Waals surface area contributed by atoms with Gasteiger partial charge in [0.15, 0.2) is 0 Å². The van der Waals surface area contributed by atoms with Crippen molar-refractivity contribution in [2.75, 3.05) is 25.4 Å². The molecule has 1 aromatic carbocycles. The van der Waals surface area contributed by atoms with E-state index in [1.165, 1.54) is 4.90 Å². The summed E-state index contributed by atoms with van der Waals surface area (Å²) >= 11 is 0. The van der Waals surface area contributed by atoms with E-state index in [1.807, 2.05) is 24.3 Å². The van der Waals surface area contributed by atoms with Crippen molar-refractivity contribution in [2.45, 2.75) is 0 Å². The summed E-state index contributed by atoms with van der Waals surface area (Å²) in [4.78, 5) is 18.2. The van der Waals surface area contributed by atoms with Gasteiger partial charge in [0.1, 0.15) is 5.69 Å². The number of amides is 1. The molecule has 0 bridgehead atoms. The summed E-state index contributed by atoms with van der Waals surface area (Å²) < 4.78 is 0. The van der Waals surface area contributed by atoms with E-state index in [0.29, 0.717) is 17.7 Å². The number of hydrogen-bond acceptors (Lipinski definition) is 4. The lowest BCUT2D eigenvalue weighted by molar-refractivity contribution is 0.0737. The highest BCUT2D eigenvalue weighted by Gasteiger charge is 2.17. The SMILES string of the molecule is C=CCN(CCO)C(=O)c1cc(N)c2ccccc2n1. The van der Waals surface area contributed by atoms with Crippen molar-refractivity contribution in [1.29, 1.82) is 0 Å². The van der Waals surface area contributed by atoms with E-state index in [2.05, 4.69) is 11.6 Å². The van der Waals surface area contributed by atoms with Gasteiger partial charge in [0.25, 0.3) is 5.91 Å². The Hall–Kier alpha value is -2.40. The van der Waals surface area contributed by atoms with Crippen LogP contribution in [0.4, 0.5) is 5.69 Å². The molecule has 1 amide bonds. The van der Waals surface area contributed by atoms with Crippen molar-refractivity contribution < 1.29 is 9.90 Å². The highest BCUT2D eigenvalue weighted by atomic mass is 16.3. The first kappa shape index (κ1) is 14.0. The number of nitrogen functional groups attached to an aromatic ring is 1. The third-order valence-electron chi connectivity index (χ3n) is 2.97. The van der Waals surface area contributed by atoms with Gasteiger partial charge >= 0.3 is 0 Å². The Morgan fingerprint density at radius 1 is 1.45 bits per heavy atom. The molecule has 0 fully saturated rings. The number of aliphatic hydroxyl groups is 1. The standard InChI is InChI=1S/C15H17N3O2/c1-2-7-18(8-9-19)15(20)14-10-12(16)11-5-3-4-6-13(11)17-14/h2-6,10,19H,1,7-9H2,(H2,16,17). The van der Waals surface area contributed by atoms with Crippen LogP contribution < -0.4 is 5.73 Å². The molecule has 5 heteroatoms. The van der Waals surface area contributed by atoms with Gasteiger partial charge in [0.05, 0.1) is 12.1 Å². The number of fused-ring (bicyclic) bond motifs is 1. The first-order valence-electron chi connectivity index (χ1n) is 6.33. The fraction of sp³-hybridized carbons (Fsp3) is 0.200. The second-order valence-electron chi connectivity index (χ2n) is 4.38. The van der Waals surface area contributed by atoms with Crippen molar-refractivity contribution in [3.63, 3.8) is 0 Å². The van der Waals surface area contributed by atoms with Crippen LogP contribution in [-0.4, -0.2) is 40.6 Å². The number of aromatic nitrogens is 1. The number of nitrogens with zero attached hydrogens (tertiary/aromatic N) is 2. The summed E-state index contributed by atoms with van der Waals surface area (Å²) in [6.07, 6.45) is 1.61. The fourth-order valence-corrected chi connectivity index (χ4v) is 2.03. The maximum atomic E-state index is 12.4. The van der Waals surface area contributed by atoms with Crippen LogP contribution in [0.5, 0.6) is 0 Å². The predicted octanol–water partition coefficient (Wildman–Crippen LogP) is 1.44. The van der Waals surface area contributed by atoms with Crippen molar-refractivity contribution in [2.24, 2.45) is 0 Å². The Bertz CT molecular complexity index is 640. The second kappa shape index (κ2) is 6.16. The third-order valence-corrected chi connectivity index (χ3v) is 2.97. The van der Waals surface area contributed by atoms with Gasteiger partial charge < -0.3 is 15.7 Å². The summed E-state index contributed by atoms with van der Waals surface area (Å²) in [5, 5.41) is 9.83. The molecule has 104 valence electrons. The Kier molecular flexibility index (Phi) is 4.32. The van der Waals surface area contributed by atoms with Crippen molar-refractivity contribution >= 4 is 22.5 Å². The topological polar surface area (TPSA) is 79.5 Å². The summed E-state index contributed by atoms with van der Waals surface area (Å²) in [6, 6.07) is 8.96. The van der Waals surface area contributed by atoms with E-state index >= 15 is 0 Å². The number of benzene rings is 1. The molecular weight excluding hydrogens is 254 g/mol. The first-order chi connectivity index (χ1) is 9.67. The monoisotopic (exact) mass is 271 g/mol. The van der Waals surface area contributed by atoms with E-state index in [0.717, 1.165) is 5.39 Å². The van der Waals surface area contributed by atoms with Crippen LogP contribution in [0.25, 0.3) is 10.9 Å². The number of carbonyl (C=O) groups excluding carboxylic acids is 1. The molecule has 2 rings (SSSR count). The summed E-state index contributed by atoms with van der Waals surface area (Å²) in [5.41, 5.74) is 7.43. The Morgan fingerprint density at radius 2 is 2.20 bits per heavy atom.